The molecular formula is C37H40MgN4O5-2. The van der Waals surface area contributed by atoms with Gasteiger partial charge in [0.25, 0.3) is 0 Å². The average molecular weight is 645 g/mol. The molecule has 242 valence electrons. The minimum Gasteiger partial charge on any atom is -0.872 e. The Labute approximate surface area is 291 Å². The Kier molecular flexibility index (Phi) is 9.81. The Morgan fingerprint density at radius 2 is 1.66 bits per heavy atom. The van der Waals surface area contributed by atoms with Crippen LogP contribution in [0, 0.1) is 19.8 Å². The molecule has 2 aliphatic heterocycles. The summed E-state index contributed by atoms with van der Waals surface area (Å²) in [5, 5.41) is 46.8. The van der Waals surface area contributed by atoms with Crippen LogP contribution in [0.2, 0.25) is 0 Å². The monoisotopic (exact) mass is 644 g/mol. The molecule has 1 aliphatic carbocycles. The number of rotatable bonds is 8. The number of hydrogen-bond acceptors (Lipinski definition) is 7. The van der Waals surface area contributed by atoms with E-state index in [4.69, 9.17) is 19.9 Å². The van der Waals surface area contributed by atoms with Gasteiger partial charge in [0.2, 0.25) is 0 Å². The van der Waals surface area contributed by atoms with E-state index in [2.05, 4.69) is 13.8 Å². The van der Waals surface area contributed by atoms with Crippen molar-refractivity contribution in [2.24, 2.45) is 5.92 Å². The maximum Gasteiger partial charge on any atom is 2.00 e. The fourth-order valence-electron chi connectivity index (χ4n) is 7.60. The van der Waals surface area contributed by atoms with Crippen molar-refractivity contribution in [3.05, 3.63) is 68.3 Å². The normalized spacial score (nSPS) is 17.7. The minimum atomic E-state index is -1.14. The topological polar surface area (TPSA) is 158 Å². The van der Waals surface area contributed by atoms with Gasteiger partial charge in [0.1, 0.15) is 0 Å². The molecule has 0 spiro atoms. The number of aliphatic hydroxyl groups is 2. The second-order valence-electron chi connectivity index (χ2n) is 13.2. The number of allylic oxidation sites excluding steroid dienone is 1. The SMILES string of the molecule is CCc1c2c3[n-]c1cc1nc(cc4[n-]c(c(C)c5nc(c3C=C2[O-])[C@@H](CCC(=O)[O-])[C@@H]5C)c(C)c4C(C)O)C(CO)=C1CC(C)C.[Mg+2]. The Morgan fingerprint density at radius 3 is 2.28 bits per heavy atom. The predicted octanol–water partition coefficient (Wildman–Crippen LogP) is 3.96. The molecule has 3 aromatic heterocycles. The van der Waals surface area contributed by atoms with Gasteiger partial charge in [0, 0.05) is 29.1 Å². The van der Waals surface area contributed by atoms with E-state index in [0.717, 1.165) is 28.0 Å². The van der Waals surface area contributed by atoms with Crippen LogP contribution in [-0.4, -0.2) is 55.8 Å². The molecule has 47 heavy (non-hydrogen) atoms. The Morgan fingerprint density at radius 1 is 1.00 bits per heavy atom. The molecular weight excluding hydrogens is 605 g/mol. The molecule has 0 fully saturated rings. The molecule has 10 heteroatoms. The van der Waals surface area contributed by atoms with Crippen LogP contribution in [0.5, 0.6) is 0 Å². The summed E-state index contributed by atoms with van der Waals surface area (Å²) >= 11 is 0. The second-order valence-corrected chi connectivity index (χ2v) is 13.2. The van der Waals surface area contributed by atoms with E-state index in [1.165, 1.54) is 0 Å². The van der Waals surface area contributed by atoms with Gasteiger partial charge in [-0.05, 0) is 80.2 Å². The van der Waals surface area contributed by atoms with Gasteiger partial charge in [-0.15, -0.1) is 27.8 Å². The number of carbonyl (C=O) groups is 1. The molecule has 0 saturated carbocycles. The van der Waals surface area contributed by atoms with E-state index in [0.29, 0.717) is 80.7 Å². The summed E-state index contributed by atoms with van der Waals surface area (Å²) < 4.78 is 0. The summed E-state index contributed by atoms with van der Waals surface area (Å²) in [4.78, 5) is 31.8. The van der Waals surface area contributed by atoms with E-state index < -0.39 is 12.1 Å². The van der Waals surface area contributed by atoms with Crippen molar-refractivity contribution in [3.63, 3.8) is 0 Å². The summed E-state index contributed by atoms with van der Waals surface area (Å²) in [6, 6.07) is 3.75. The van der Waals surface area contributed by atoms with Crippen molar-refractivity contribution in [3.8, 4) is 0 Å². The summed E-state index contributed by atoms with van der Waals surface area (Å²) in [5.74, 6) is -1.44. The molecule has 0 saturated heterocycles. The van der Waals surface area contributed by atoms with Crippen molar-refractivity contribution in [1.82, 2.24) is 19.9 Å². The van der Waals surface area contributed by atoms with E-state index in [9.17, 15) is 25.2 Å². The predicted molar refractivity (Wildman–Crippen MR) is 181 cm³/mol. The zero-order valence-electron chi connectivity index (χ0n) is 28.2. The zero-order valence-corrected chi connectivity index (χ0v) is 29.6. The molecule has 0 aromatic carbocycles. The minimum absolute atomic E-state index is 0. The first-order valence-corrected chi connectivity index (χ1v) is 16.2. The van der Waals surface area contributed by atoms with Gasteiger partial charge >= 0.3 is 23.1 Å². The number of carbonyl (C=O) groups excluding carboxylic acids is 1. The van der Waals surface area contributed by atoms with Crippen LogP contribution < -0.4 is 20.2 Å². The Hall–Kier alpha value is -3.44. The number of fused-ring (bicyclic) bond motifs is 8. The third-order valence-electron chi connectivity index (χ3n) is 9.74. The molecule has 0 radical (unpaired) electrons. The Balaban J connectivity index is 0.00000433. The van der Waals surface area contributed by atoms with Crippen LogP contribution in [0.1, 0.15) is 128 Å². The van der Waals surface area contributed by atoms with Gasteiger partial charge in [-0.2, -0.15) is 0 Å². The molecule has 2 N–H and O–H groups in total. The summed E-state index contributed by atoms with van der Waals surface area (Å²) in [6.45, 7) is 13.6. The van der Waals surface area contributed by atoms with Crippen LogP contribution in [0.25, 0.3) is 45.0 Å². The number of aromatic nitrogens is 4. The molecule has 9 nitrogen and oxygen atoms in total. The number of hydrogen-bond donors (Lipinski definition) is 2. The van der Waals surface area contributed by atoms with Crippen molar-refractivity contribution in [2.45, 2.75) is 92.1 Å². The zero-order chi connectivity index (χ0) is 33.2. The molecule has 3 atom stereocenters. The number of aliphatic hydroxyl groups excluding tert-OH is 2. The summed E-state index contributed by atoms with van der Waals surface area (Å²) in [5.41, 5.74) is 11.1. The van der Waals surface area contributed by atoms with Crippen LogP contribution in [0.4, 0.5) is 0 Å². The summed E-state index contributed by atoms with van der Waals surface area (Å²) in [7, 11) is 0. The number of carboxylic acids is 1. The smallest absolute Gasteiger partial charge is 0.872 e. The first-order valence-electron chi connectivity index (χ1n) is 16.2. The number of aryl methyl sites for hydroxylation is 3. The van der Waals surface area contributed by atoms with Crippen LogP contribution in [0.15, 0.2) is 12.1 Å². The van der Waals surface area contributed by atoms with Gasteiger partial charge in [-0.25, -0.2) is 4.98 Å². The first kappa shape index (κ1) is 34.9. The second kappa shape index (κ2) is 13.2. The van der Waals surface area contributed by atoms with Gasteiger partial charge in [-0.1, -0.05) is 57.0 Å². The van der Waals surface area contributed by atoms with Crippen molar-refractivity contribution >= 4 is 74.1 Å². The number of nitrogens with zero attached hydrogens (tertiary/aromatic N) is 4. The van der Waals surface area contributed by atoms with Gasteiger partial charge in [-0.3, -0.25) is 4.98 Å². The fraction of sp³-hybridized carbons (Fsp3) is 0.432. The van der Waals surface area contributed by atoms with Gasteiger partial charge in [0.15, 0.2) is 0 Å². The van der Waals surface area contributed by atoms with Crippen molar-refractivity contribution in [1.29, 1.82) is 0 Å². The standard InChI is InChI=1S/C37H43N4O5.Mg/c1-8-21-26-13-27-23(11-16(2)3)25(15-42)28(38-27)14-29-32(20(7)43)18(5)35(40-29)19(6)34-17(4)22(9-10-31(45)46)36(41-34)24-12-30(44)33(21)37(24)39-26;/h12-14,16-17,20,22,42-43H,8-11,15H2,1-7H3,(H3-,38,39,40,41,44,45,46);/q-1;+2/p-3/t17-,20?,22-;/m0./s1. The van der Waals surface area contributed by atoms with E-state index in [-0.39, 0.29) is 59.6 Å². The molecule has 3 aliphatic rings. The quantitative estimate of drug-likeness (QED) is 0.346. The van der Waals surface area contributed by atoms with E-state index in [1.54, 1.807) is 13.0 Å². The third-order valence-corrected chi connectivity index (χ3v) is 9.74. The molecule has 5 heterocycles. The molecule has 0 amide bonds. The van der Waals surface area contributed by atoms with Crippen LogP contribution in [0.3, 0.4) is 0 Å². The van der Waals surface area contributed by atoms with Gasteiger partial charge in [0.05, 0.1) is 29.8 Å². The maximum absolute atomic E-state index is 13.6. The molecule has 1 unspecified atom stereocenters. The molecule has 8 bridgehead atoms. The van der Waals surface area contributed by atoms with Crippen LogP contribution >= 0.6 is 0 Å². The first-order chi connectivity index (χ1) is 21.9. The van der Waals surface area contributed by atoms with Crippen molar-refractivity contribution in [2.75, 3.05) is 6.61 Å². The van der Waals surface area contributed by atoms with Crippen LogP contribution in [-0.2, 0) is 11.2 Å². The maximum atomic E-state index is 13.6. The largest absolute Gasteiger partial charge is 2.00 e. The van der Waals surface area contributed by atoms with E-state index >= 15 is 0 Å². The van der Waals surface area contributed by atoms with Gasteiger partial charge < -0.3 is 35.2 Å². The Bertz CT molecular complexity index is 2000. The molecule has 3 aromatic rings. The molecule has 6 rings (SSSR count). The van der Waals surface area contributed by atoms with Crippen molar-refractivity contribution < 1.29 is 25.2 Å². The third kappa shape index (κ3) is 5.83. The number of aliphatic carboxylic acids is 1. The average Bonchev–Trinajstić information content (AvgIpc) is 3.75. The van der Waals surface area contributed by atoms with E-state index in [1.807, 2.05) is 39.8 Å². The number of carboxylic acid groups (broad SMARTS) is 1. The summed E-state index contributed by atoms with van der Waals surface area (Å²) in [6.07, 6.45) is 2.19. The fourth-order valence-corrected chi connectivity index (χ4v) is 7.60.